The van der Waals surface area contributed by atoms with Crippen molar-refractivity contribution in [2.45, 2.75) is 25.8 Å². The first-order valence-electron chi connectivity index (χ1n) is 5.59. The van der Waals surface area contributed by atoms with Crippen molar-refractivity contribution in [2.24, 2.45) is 0 Å². The molecule has 0 saturated carbocycles. The van der Waals surface area contributed by atoms with Gasteiger partial charge in [-0.1, -0.05) is 13.3 Å². The molecule has 1 aliphatic rings. The molecule has 1 unspecified atom stereocenters. The van der Waals surface area contributed by atoms with Crippen molar-refractivity contribution in [2.75, 3.05) is 25.1 Å². The van der Waals surface area contributed by atoms with Crippen LogP contribution in [0.15, 0.2) is 0 Å². The summed E-state index contributed by atoms with van der Waals surface area (Å²) < 4.78 is 22.1. The molecule has 0 aromatic heterocycles. The Labute approximate surface area is 101 Å². The predicted molar refractivity (Wildman–Crippen MR) is 63.1 cm³/mol. The summed E-state index contributed by atoms with van der Waals surface area (Å²) in [4.78, 5) is 24.6. The number of rotatable bonds is 5. The van der Waals surface area contributed by atoms with E-state index in [2.05, 4.69) is 5.32 Å². The van der Waals surface area contributed by atoms with Gasteiger partial charge in [0.15, 0.2) is 0 Å². The van der Waals surface area contributed by atoms with E-state index in [9.17, 15) is 18.0 Å². The lowest BCUT2D eigenvalue weighted by molar-refractivity contribution is -0.144. The van der Waals surface area contributed by atoms with Crippen molar-refractivity contribution in [3.63, 3.8) is 0 Å². The van der Waals surface area contributed by atoms with Crippen LogP contribution in [0.4, 0.5) is 0 Å². The van der Waals surface area contributed by atoms with E-state index in [0.29, 0.717) is 6.42 Å². The van der Waals surface area contributed by atoms with Crippen LogP contribution in [0.25, 0.3) is 0 Å². The third-order valence-corrected chi connectivity index (χ3v) is 3.51. The second-order valence-corrected chi connectivity index (χ2v) is 6.56. The maximum Gasteiger partial charge on any atom is 0.245 e. The molecule has 0 bridgehead atoms. The zero-order valence-electron chi connectivity index (χ0n) is 10.1. The van der Waals surface area contributed by atoms with E-state index in [1.807, 2.05) is 6.92 Å². The number of nitrogens with zero attached hydrogens (tertiary/aromatic N) is 1. The Bertz CT molecular complexity index is 405. The molecule has 98 valence electrons. The molecule has 1 fully saturated rings. The van der Waals surface area contributed by atoms with Gasteiger partial charge >= 0.3 is 0 Å². The fourth-order valence-electron chi connectivity index (χ4n) is 1.72. The average molecular weight is 262 g/mol. The maximum atomic E-state index is 11.9. The third kappa shape index (κ3) is 4.33. The first-order chi connectivity index (χ1) is 7.83. The standard InChI is InChI=1S/C10H18N2O4S/c1-3-4-8-10(14)12(7-9(13)11-8)5-6-17(2,15)16/h8H,3-7H2,1-2H3,(H,11,13). The molecule has 2 amide bonds. The van der Waals surface area contributed by atoms with Crippen molar-refractivity contribution in [3.8, 4) is 0 Å². The van der Waals surface area contributed by atoms with Crippen LogP contribution < -0.4 is 5.32 Å². The molecule has 0 radical (unpaired) electrons. The molecule has 1 saturated heterocycles. The van der Waals surface area contributed by atoms with Gasteiger partial charge in [0, 0.05) is 12.8 Å². The number of sulfone groups is 1. The molecule has 0 aromatic rings. The number of hydrogen-bond donors (Lipinski definition) is 1. The lowest BCUT2D eigenvalue weighted by Gasteiger charge is -2.32. The lowest BCUT2D eigenvalue weighted by Crippen LogP contribution is -2.58. The predicted octanol–water partition coefficient (Wildman–Crippen LogP) is -0.842. The SMILES string of the molecule is CCCC1NC(=O)CN(CCS(C)(=O)=O)C1=O. The second-order valence-electron chi connectivity index (χ2n) is 4.30. The van der Waals surface area contributed by atoms with E-state index < -0.39 is 15.9 Å². The van der Waals surface area contributed by atoms with E-state index in [1.54, 1.807) is 0 Å². The molecule has 0 spiro atoms. The maximum absolute atomic E-state index is 11.9. The van der Waals surface area contributed by atoms with Crippen LogP contribution in [0.1, 0.15) is 19.8 Å². The molecular weight excluding hydrogens is 244 g/mol. The number of amides is 2. The normalized spacial score (nSPS) is 21.5. The van der Waals surface area contributed by atoms with E-state index in [0.717, 1.165) is 12.7 Å². The Morgan fingerprint density at radius 3 is 2.59 bits per heavy atom. The summed E-state index contributed by atoms with van der Waals surface area (Å²) in [6.07, 6.45) is 2.49. The van der Waals surface area contributed by atoms with Crippen LogP contribution >= 0.6 is 0 Å². The van der Waals surface area contributed by atoms with Gasteiger partial charge in [-0.25, -0.2) is 8.42 Å². The minimum Gasteiger partial charge on any atom is -0.343 e. The number of carbonyl (C=O) groups is 2. The van der Waals surface area contributed by atoms with Crippen LogP contribution in [0.3, 0.4) is 0 Å². The lowest BCUT2D eigenvalue weighted by atomic mass is 10.1. The fourth-order valence-corrected chi connectivity index (χ4v) is 2.27. The fraction of sp³-hybridized carbons (Fsp3) is 0.800. The van der Waals surface area contributed by atoms with Crippen molar-refractivity contribution in [3.05, 3.63) is 0 Å². The van der Waals surface area contributed by atoms with Gasteiger partial charge in [0.25, 0.3) is 0 Å². The molecular formula is C10H18N2O4S. The first kappa shape index (κ1) is 14.0. The summed E-state index contributed by atoms with van der Waals surface area (Å²) in [7, 11) is -3.12. The van der Waals surface area contributed by atoms with Gasteiger partial charge in [-0.3, -0.25) is 9.59 Å². The summed E-state index contributed by atoms with van der Waals surface area (Å²) in [6, 6.07) is -0.499. The van der Waals surface area contributed by atoms with E-state index >= 15 is 0 Å². The zero-order chi connectivity index (χ0) is 13.1. The number of nitrogens with one attached hydrogen (secondary N) is 1. The summed E-state index contributed by atoms with van der Waals surface area (Å²) in [5, 5.41) is 2.61. The molecule has 1 N–H and O–H groups in total. The molecule has 1 aliphatic heterocycles. The van der Waals surface area contributed by atoms with Crippen molar-refractivity contribution < 1.29 is 18.0 Å². The zero-order valence-corrected chi connectivity index (χ0v) is 10.9. The summed E-state index contributed by atoms with van der Waals surface area (Å²) >= 11 is 0. The smallest absolute Gasteiger partial charge is 0.245 e. The van der Waals surface area contributed by atoms with Crippen LogP contribution in [0.2, 0.25) is 0 Å². The van der Waals surface area contributed by atoms with Crippen molar-refractivity contribution in [1.82, 2.24) is 10.2 Å². The highest BCUT2D eigenvalue weighted by atomic mass is 32.2. The largest absolute Gasteiger partial charge is 0.343 e. The molecule has 6 nitrogen and oxygen atoms in total. The Kier molecular flexibility index (Phi) is 4.50. The van der Waals surface area contributed by atoms with Crippen molar-refractivity contribution in [1.29, 1.82) is 0 Å². The molecule has 0 aliphatic carbocycles. The highest BCUT2D eigenvalue weighted by molar-refractivity contribution is 7.90. The van der Waals surface area contributed by atoms with Crippen molar-refractivity contribution >= 4 is 21.7 Å². The molecule has 1 atom stereocenters. The number of piperazine rings is 1. The molecule has 17 heavy (non-hydrogen) atoms. The van der Waals surface area contributed by atoms with Gasteiger partial charge in [0.1, 0.15) is 15.9 Å². The Hall–Kier alpha value is -1.11. The Morgan fingerprint density at radius 1 is 1.41 bits per heavy atom. The number of carbonyl (C=O) groups excluding carboxylic acids is 2. The average Bonchev–Trinajstić information content (AvgIpc) is 2.20. The quantitative estimate of drug-likeness (QED) is 0.700. The van der Waals surface area contributed by atoms with Gasteiger partial charge in [-0.2, -0.15) is 0 Å². The monoisotopic (exact) mass is 262 g/mol. The van der Waals surface area contributed by atoms with Gasteiger partial charge in [0.2, 0.25) is 11.8 Å². The van der Waals surface area contributed by atoms with Crippen LogP contribution in [-0.2, 0) is 19.4 Å². The summed E-state index contributed by atoms with van der Waals surface area (Å²) in [5.74, 6) is -0.517. The molecule has 0 aromatic carbocycles. The Morgan fingerprint density at radius 2 is 2.06 bits per heavy atom. The van der Waals surface area contributed by atoms with Gasteiger partial charge in [-0.05, 0) is 6.42 Å². The van der Waals surface area contributed by atoms with Gasteiger partial charge in [0.05, 0.1) is 12.3 Å². The Balaban J connectivity index is 2.64. The molecule has 1 heterocycles. The third-order valence-electron chi connectivity index (χ3n) is 2.59. The van der Waals surface area contributed by atoms with E-state index in [4.69, 9.17) is 0 Å². The van der Waals surface area contributed by atoms with Crippen LogP contribution in [0, 0.1) is 0 Å². The topological polar surface area (TPSA) is 83.6 Å². The molecule has 1 rings (SSSR count). The van der Waals surface area contributed by atoms with E-state index in [-0.39, 0.29) is 30.7 Å². The first-order valence-corrected chi connectivity index (χ1v) is 7.65. The van der Waals surface area contributed by atoms with Gasteiger partial charge < -0.3 is 10.2 Å². The van der Waals surface area contributed by atoms with Gasteiger partial charge in [-0.15, -0.1) is 0 Å². The minimum atomic E-state index is -3.12. The highest BCUT2D eigenvalue weighted by Gasteiger charge is 2.31. The minimum absolute atomic E-state index is 0.0471. The summed E-state index contributed by atoms with van der Waals surface area (Å²) in [5.41, 5.74) is 0. The highest BCUT2D eigenvalue weighted by Crippen LogP contribution is 2.07. The number of hydrogen-bond acceptors (Lipinski definition) is 4. The van der Waals surface area contributed by atoms with Crippen LogP contribution in [-0.4, -0.2) is 56.3 Å². The molecule has 7 heteroatoms. The summed E-state index contributed by atoms with van der Waals surface area (Å²) in [6.45, 7) is 1.97. The van der Waals surface area contributed by atoms with Crippen LogP contribution in [0.5, 0.6) is 0 Å². The second kappa shape index (κ2) is 5.48. The van der Waals surface area contributed by atoms with E-state index in [1.165, 1.54) is 4.90 Å².